The van der Waals surface area contributed by atoms with Crippen molar-refractivity contribution < 1.29 is 9.53 Å². The van der Waals surface area contributed by atoms with Crippen molar-refractivity contribution in [1.82, 2.24) is 10.6 Å². The maximum Gasteiger partial charge on any atom is 0.260 e. The van der Waals surface area contributed by atoms with Gasteiger partial charge in [0, 0.05) is 13.1 Å². The van der Waals surface area contributed by atoms with E-state index in [0.717, 1.165) is 18.6 Å². The van der Waals surface area contributed by atoms with Crippen molar-refractivity contribution in [3.8, 4) is 5.75 Å². The molecule has 1 aromatic rings. The topological polar surface area (TPSA) is 50.4 Å². The molecule has 2 unspecified atom stereocenters. The van der Waals surface area contributed by atoms with Gasteiger partial charge >= 0.3 is 0 Å². The summed E-state index contributed by atoms with van der Waals surface area (Å²) >= 11 is 0. The number of amides is 1. The van der Waals surface area contributed by atoms with E-state index in [1.54, 1.807) is 14.0 Å². The van der Waals surface area contributed by atoms with Crippen LogP contribution in [0.1, 0.15) is 30.5 Å². The number of fused-ring (bicyclic) bond motifs is 1. The van der Waals surface area contributed by atoms with Gasteiger partial charge in [0.05, 0.1) is 0 Å². The molecule has 4 heteroatoms. The van der Waals surface area contributed by atoms with Crippen LogP contribution in [0.15, 0.2) is 18.2 Å². The number of carbonyl (C=O) groups is 1. The Morgan fingerprint density at radius 1 is 1.44 bits per heavy atom. The molecule has 0 fully saturated rings. The Bertz CT molecular complexity index is 445. The number of benzene rings is 1. The molecule has 0 heterocycles. The lowest BCUT2D eigenvalue weighted by Crippen LogP contribution is -2.33. The molecule has 1 aliphatic carbocycles. The lowest BCUT2D eigenvalue weighted by atomic mass is 10.1. The summed E-state index contributed by atoms with van der Waals surface area (Å²) in [6.07, 6.45) is 1.72. The third-order valence-corrected chi connectivity index (χ3v) is 3.47. The molecule has 0 aromatic heterocycles. The second-order valence-electron chi connectivity index (χ2n) is 4.61. The second-order valence-corrected chi connectivity index (χ2v) is 4.61. The quantitative estimate of drug-likeness (QED) is 0.847. The minimum Gasteiger partial charge on any atom is -0.481 e. The van der Waals surface area contributed by atoms with Crippen molar-refractivity contribution in [2.45, 2.75) is 31.9 Å². The summed E-state index contributed by atoms with van der Waals surface area (Å²) in [4.78, 5) is 11.4. The van der Waals surface area contributed by atoms with Gasteiger partial charge in [-0.3, -0.25) is 4.79 Å². The van der Waals surface area contributed by atoms with Crippen LogP contribution in [0, 0.1) is 0 Å². The molecule has 98 valence electrons. The Balaban J connectivity index is 2.11. The van der Waals surface area contributed by atoms with Crippen LogP contribution in [0.5, 0.6) is 5.75 Å². The number of carbonyl (C=O) groups excluding carboxylic acids is 1. The first-order chi connectivity index (χ1) is 8.65. The molecule has 2 atom stereocenters. The smallest absolute Gasteiger partial charge is 0.260 e. The van der Waals surface area contributed by atoms with Gasteiger partial charge in [0.2, 0.25) is 0 Å². The minimum absolute atomic E-state index is 0.108. The van der Waals surface area contributed by atoms with Crippen LogP contribution >= 0.6 is 0 Å². The van der Waals surface area contributed by atoms with Crippen LogP contribution < -0.4 is 15.4 Å². The van der Waals surface area contributed by atoms with Crippen molar-refractivity contribution >= 4 is 5.91 Å². The molecule has 1 aliphatic rings. The average Bonchev–Trinajstić information content (AvgIpc) is 2.79. The van der Waals surface area contributed by atoms with Gasteiger partial charge in [-0.25, -0.2) is 0 Å². The first-order valence-electron chi connectivity index (χ1n) is 6.34. The molecule has 0 bridgehead atoms. The standard InChI is InChI=1S/C14H20N2O2/c1-9(14(17)16-3)18-11-5-6-12-10(8-11)4-7-13(12)15-2/h5-6,8-9,13,15H,4,7H2,1-3H3,(H,16,17). The van der Waals surface area contributed by atoms with E-state index in [1.165, 1.54) is 11.1 Å². The van der Waals surface area contributed by atoms with Gasteiger partial charge in [0.25, 0.3) is 5.91 Å². The van der Waals surface area contributed by atoms with Crippen molar-refractivity contribution in [3.05, 3.63) is 29.3 Å². The fourth-order valence-corrected chi connectivity index (χ4v) is 2.43. The average molecular weight is 248 g/mol. The Kier molecular flexibility index (Phi) is 3.87. The maximum absolute atomic E-state index is 11.4. The fraction of sp³-hybridized carbons (Fsp3) is 0.500. The number of likely N-dealkylation sites (N-methyl/N-ethyl adjacent to an activating group) is 1. The summed E-state index contributed by atoms with van der Waals surface area (Å²) in [6, 6.07) is 6.53. The maximum atomic E-state index is 11.4. The van der Waals surface area contributed by atoms with E-state index in [1.807, 2.05) is 19.2 Å². The number of nitrogens with one attached hydrogen (secondary N) is 2. The summed E-state index contributed by atoms with van der Waals surface area (Å²) < 4.78 is 5.63. The highest BCUT2D eigenvalue weighted by molar-refractivity contribution is 5.80. The minimum atomic E-state index is -0.463. The predicted octanol–water partition coefficient (Wildman–Crippen LogP) is 1.41. The highest BCUT2D eigenvalue weighted by Crippen LogP contribution is 2.33. The Hall–Kier alpha value is -1.55. The van der Waals surface area contributed by atoms with E-state index in [9.17, 15) is 4.79 Å². The van der Waals surface area contributed by atoms with Crippen LogP contribution in [0.3, 0.4) is 0 Å². The van der Waals surface area contributed by atoms with Gasteiger partial charge in [-0.2, -0.15) is 0 Å². The monoisotopic (exact) mass is 248 g/mol. The molecule has 0 saturated heterocycles. The van der Waals surface area contributed by atoms with Crippen molar-refractivity contribution in [2.24, 2.45) is 0 Å². The molecule has 0 spiro atoms. The van der Waals surface area contributed by atoms with Crippen LogP contribution in [-0.4, -0.2) is 26.1 Å². The lowest BCUT2D eigenvalue weighted by Gasteiger charge is -2.15. The lowest BCUT2D eigenvalue weighted by molar-refractivity contribution is -0.126. The van der Waals surface area contributed by atoms with E-state index in [4.69, 9.17) is 4.74 Å². The fourth-order valence-electron chi connectivity index (χ4n) is 2.43. The van der Waals surface area contributed by atoms with Gasteiger partial charge in [0.1, 0.15) is 5.75 Å². The second kappa shape index (κ2) is 5.40. The van der Waals surface area contributed by atoms with Crippen LogP contribution in [0.2, 0.25) is 0 Å². The van der Waals surface area contributed by atoms with Crippen LogP contribution in [0.4, 0.5) is 0 Å². The SMILES string of the molecule is CNC(=O)C(C)Oc1ccc2c(c1)CCC2NC. The number of aryl methyl sites for hydroxylation is 1. The molecule has 1 amide bonds. The number of hydrogen-bond donors (Lipinski definition) is 2. The van der Waals surface area contributed by atoms with Gasteiger partial charge in [0.15, 0.2) is 6.10 Å². The van der Waals surface area contributed by atoms with Crippen molar-refractivity contribution in [3.63, 3.8) is 0 Å². The first kappa shape index (κ1) is 12.9. The Morgan fingerprint density at radius 2 is 2.22 bits per heavy atom. The van der Waals surface area contributed by atoms with E-state index in [2.05, 4.69) is 16.7 Å². The van der Waals surface area contributed by atoms with Gasteiger partial charge < -0.3 is 15.4 Å². The van der Waals surface area contributed by atoms with Gasteiger partial charge in [-0.1, -0.05) is 6.07 Å². The Labute approximate surface area is 108 Å². The predicted molar refractivity (Wildman–Crippen MR) is 70.7 cm³/mol. The van der Waals surface area contributed by atoms with Crippen molar-refractivity contribution in [2.75, 3.05) is 14.1 Å². The zero-order valence-corrected chi connectivity index (χ0v) is 11.1. The molecule has 2 N–H and O–H groups in total. The normalized spacial score (nSPS) is 19.2. The summed E-state index contributed by atoms with van der Waals surface area (Å²) in [5.74, 6) is 0.658. The van der Waals surface area contributed by atoms with E-state index in [0.29, 0.717) is 6.04 Å². The number of hydrogen-bond acceptors (Lipinski definition) is 3. The third-order valence-electron chi connectivity index (χ3n) is 3.47. The van der Waals surface area contributed by atoms with Crippen molar-refractivity contribution in [1.29, 1.82) is 0 Å². The van der Waals surface area contributed by atoms with Gasteiger partial charge in [-0.05, 0) is 50.1 Å². The summed E-state index contributed by atoms with van der Waals surface area (Å²) in [5, 5.41) is 5.88. The number of rotatable bonds is 4. The molecule has 4 nitrogen and oxygen atoms in total. The molecular weight excluding hydrogens is 228 g/mol. The summed E-state index contributed by atoms with van der Waals surface area (Å²) in [6.45, 7) is 1.75. The molecular formula is C14H20N2O2. The molecule has 0 aliphatic heterocycles. The van der Waals surface area contributed by atoms with Crippen LogP contribution in [0.25, 0.3) is 0 Å². The highest BCUT2D eigenvalue weighted by Gasteiger charge is 2.22. The first-order valence-corrected chi connectivity index (χ1v) is 6.34. The Morgan fingerprint density at radius 3 is 2.89 bits per heavy atom. The van der Waals surface area contributed by atoms with Gasteiger partial charge in [-0.15, -0.1) is 0 Å². The highest BCUT2D eigenvalue weighted by atomic mass is 16.5. The summed E-state index contributed by atoms with van der Waals surface area (Å²) in [7, 11) is 3.60. The van der Waals surface area contributed by atoms with E-state index >= 15 is 0 Å². The largest absolute Gasteiger partial charge is 0.481 e. The molecule has 2 rings (SSSR count). The van der Waals surface area contributed by atoms with Crippen LogP contribution in [-0.2, 0) is 11.2 Å². The molecule has 18 heavy (non-hydrogen) atoms. The zero-order chi connectivity index (χ0) is 13.1. The third kappa shape index (κ3) is 2.48. The molecule has 0 radical (unpaired) electrons. The molecule has 1 aromatic carbocycles. The number of ether oxygens (including phenoxy) is 1. The zero-order valence-electron chi connectivity index (χ0n) is 11.1. The summed E-state index contributed by atoms with van der Waals surface area (Å²) in [5.41, 5.74) is 2.66. The molecule has 0 saturated carbocycles. The van der Waals surface area contributed by atoms with E-state index < -0.39 is 6.10 Å². The van der Waals surface area contributed by atoms with E-state index in [-0.39, 0.29) is 5.91 Å².